The third-order valence-electron chi connectivity index (χ3n) is 3.47. The molecule has 1 atom stereocenters. The second-order valence-electron chi connectivity index (χ2n) is 5.39. The van der Waals surface area contributed by atoms with E-state index in [1.807, 2.05) is 12.1 Å². The first-order chi connectivity index (χ1) is 8.65. The van der Waals surface area contributed by atoms with Crippen molar-refractivity contribution in [2.24, 2.45) is 5.92 Å². The van der Waals surface area contributed by atoms with Crippen LogP contribution in [-0.2, 0) is 4.79 Å². The van der Waals surface area contributed by atoms with Gasteiger partial charge >= 0.3 is 0 Å². The van der Waals surface area contributed by atoms with E-state index in [-0.39, 0.29) is 18.3 Å². The summed E-state index contributed by atoms with van der Waals surface area (Å²) in [5.41, 5.74) is 2.17. The Balaban J connectivity index is 0.00000180. The van der Waals surface area contributed by atoms with Gasteiger partial charge in [0.15, 0.2) is 0 Å². The minimum atomic E-state index is 0. The van der Waals surface area contributed by atoms with Crippen LogP contribution in [0.4, 0.5) is 5.69 Å². The molecule has 1 heterocycles. The van der Waals surface area contributed by atoms with Crippen molar-refractivity contribution in [1.29, 1.82) is 0 Å². The standard InChI is InChI=1S/C15H22N2O.ClH/c1-11(2)13-4-3-5-14(9-13)17-15(18)8-12-6-7-16-10-12;/h3-5,9,11-12,16H,6-8,10H2,1-2H3,(H,17,18);1H. The number of benzene rings is 1. The number of carbonyl (C=O) groups excluding carboxylic acids is 1. The SMILES string of the molecule is CC(C)c1cccc(NC(=O)CC2CCNC2)c1.Cl. The van der Waals surface area contributed by atoms with Crippen LogP contribution in [0, 0.1) is 5.92 Å². The van der Waals surface area contributed by atoms with Gasteiger partial charge in [-0.1, -0.05) is 26.0 Å². The Bertz CT molecular complexity index is 414. The number of hydrogen-bond acceptors (Lipinski definition) is 2. The van der Waals surface area contributed by atoms with E-state index < -0.39 is 0 Å². The first-order valence-corrected chi connectivity index (χ1v) is 6.75. The van der Waals surface area contributed by atoms with E-state index in [1.54, 1.807) is 0 Å². The topological polar surface area (TPSA) is 41.1 Å². The van der Waals surface area contributed by atoms with E-state index in [1.165, 1.54) is 5.56 Å². The molecule has 106 valence electrons. The molecule has 0 aliphatic carbocycles. The second kappa shape index (κ2) is 7.51. The quantitative estimate of drug-likeness (QED) is 0.891. The van der Waals surface area contributed by atoms with Gasteiger partial charge in [-0.25, -0.2) is 0 Å². The molecular weight excluding hydrogens is 260 g/mol. The Hall–Kier alpha value is -1.06. The van der Waals surface area contributed by atoms with Crippen molar-refractivity contribution in [3.05, 3.63) is 29.8 Å². The number of hydrogen-bond donors (Lipinski definition) is 2. The van der Waals surface area contributed by atoms with Gasteiger partial charge in [-0.05, 0) is 49.0 Å². The highest BCUT2D eigenvalue weighted by atomic mass is 35.5. The fourth-order valence-electron chi connectivity index (χ4n) is 2.34. The second-order valence-corrected chi connectivity index (χ2v) is 5.39. The van der Waals surface area contributed by atoms with Gasteiger partial charge in [-0.3, -0.25) is 4.79 Å². The summed E-state index contributed by atoms with van der Waals surface area (Å²) in [5, 5.41) is 6.28. The Morgan fingerprint density at radius 2 is 2.26 bits per heavy atom. The van der Waals surface area contributed by atoms with Crippen LogP contribution < -0.4 is 10.6 Å². The lowest BCUT2D eigenvalue weighted by Gasteiger charge is -2.11. The van der Waals surface area contributed by atoms with E-state index in [0.717, 1.165) is 25.2 Å². The van der Waals surface area contributed by atoms with Gasteiger partial charge in [-0.15, -0.1) is 12.4 Å². The summed E-state index contributed by atoms with van der Waals surface area (Å²) in [6.45, 7) is 6.33. The predicted molar refractivity (Wildman–Crippen MR) is 82.0 cm³/mol. The molecule has 1 aliphatic heterocycles. The van der Waals surface area contributed by atoms with Gasteiger partial charge in [0.2, 0.25) is 5.91 Å². The first-order valence-electron chi connectivity index (χ1n) is 6.75. The number of halogens is 1. The maximum Gasteiger partial charge on any atom is 0.224 e. The first kappa shape index (κ1) is 16.0. The van der Waals surface area contributed by atoms with Crippen molar-refractivity contribution in [1.82, 2.24) is 5.32 Å². The van der Waals surface area contributed by atoms with E-state index >= 15 is 0 Å². The summed E-state index contributed by atoms with van der Waals surface area (Å²) in [6, 6.07) is 8.12. The van der Waals surface area contributed by atoms with Crippen molar-refractivity contribution in [3.8, 4) is 0 Å². The van der Waals surface area contributed by atoms with Crippen molar-refractivity contribution >= 4 is 24.0 Å². The lowest BCUT2D eigenvalue weighted by molar-refractivity contribution is -0.116. The average Bonchev–Trinajstić information content (AvgIpc) is 2.82. The molecule has 0 aromatic heterocycles. The predicted octanol–water partition coefficient (Wildman–Crippen LogP) is 3.17. The molecule has 3 nitrogen and oxygen atoms in total. The molecule has 19 heavy (non-hydrogen) atoms. The van der Waals surface area contributed by atoms with Gasteiger partial charge in [0.05, 0.1) is 0 Å². The van der Waals surface area contributed by atoms with Crippen LogP contribution in [0.3, 0.4) is 0 Å². The zero-order valence-corrected chi connectivity index (χ0v) is 12.4. The van der Waals surface area contributed by atoms with E-state index in [2.05, 4.69) is 36.6 Å². The third kappa shape index (κ3) is 4.84. The summed E-state index contributed by atoms with van der Waals surface area (Å²) < 4.78 is 0. The van der Waals surface area contributed by atoms with Gasteiger partial charge in [0.1, 0.15) is 0 Å². The zero-order valence-electron chi connectivity index (χ0n) is 11.6. The summed E-state index contributed by atoms with van der Waals surface area (Å²) >= 11 is 0. The smallest absolute Gasteiger partial charge is 0.224 e. The van der Waals surface area contributed by atoms with Crippen LogP contribution in [-0.4, -0.2) is 19.0 Å². The number of amides is 1. The van der Waals surface area contributed by atoms with E-state index in [0.29, 0.717) is 18.3 Å². The Kier molecular flexibility index (Phi) is 6.32. The highest BCUT2D eigenvalue weighted by molar-refractivity contribution is 5.91. The highest BCUT2D eigenvalue weighted by Crippen LogP contribution is 2.19. The summed E-state index contributed by atoms with van der Waals surface area (Å²) in [5.74, 6) is 1.11. The fraction of sp³-hybridized carbons (Fsp3) is 0.533. The minimum Gasteiger partial charge on any atom is -0.326 e. The van der Waals surface area contributed by atoms with E-state index in [9.17, 15) is 4.79 Å². The van der Waals surface area contributed by atoms with Crippen molar-refractivity contribution in [2.45, 2.75) is 32.6 Å². The monoisotopic (exact) mass is 282 g/mol. The van der Waals surface area contributed by atoms with Crippen molar-refractivity contribution in [2.75, 3.05) is 18.4 Å². The molecule has 1 aromatic rings. The number of carbonyl (C=O) groups is 1. The van der Waals surface area contributed by atoms with E-state index in [4.69, 9.17) is 0 Å². The van der Waals surface area contributed by atoms with Crippen molar-refractivity contribution < 1.29 is 4.79 Å². The molecule has 1 amide bonds. The highest BCUT2D eigenvalue weighted by Gasteiger charge is 2.18. The van der Waals surface area contributed by atoms with Gasteiger partial charge in [0.25, 0.3) is 0 Å². The molecule has 0 radical (unpaired) electrons. The van der Waals surface area contributed by atoms with Crippen LogP contribution in [0.2, 0.25) is 0 Å². The lowest BCUT2D eigenvalue weighted by atomic mass is 10.0. The van der Waals surface area contributed by atoms with Crippen molar-refractivity contribution in [3.63, 3.8) is 0 Å². The number of rotatable bonds is 4. The van der Waals surface area contributed by atoms with Gasteiger partial charge in [0, 0.05) is 12.1 Å². The molecule has 0 bridgehead atoms. The van der Waals surface area contributed by atoms with Crippen LogP contribution in [0.25, 0.3) is 0 Å². The fourth-order valence-corrected chi connectivity index (χ4v) is 2.34. The molecule has 4 heteroatoms. The molecule has 1 fully saturated rings. The summed E-state index contributed by atoms with van der Waals surface area (Å²) in [6.07, 6.45) is 1.73. The van der Waals surface area contributed by atoms with Crippen LogP contribution in [0.15, 0.2) is 24.3 Å². The largest absolute Gasteiger partial charge is 0.326 e. The minimum absolute atomic E-state index is 0. The molecule has 1 aliphatic rings. The number of anilines is 1. The average molecular weight is 283 g/mol. The molecule has 2 rings (SSSR count). The van der Waals surface area contributed by atoms with Crippen LogP contribution in [0.5, 0.6) is 0 Å². The number of nitrogens with one attached hydrogen (secondary N) is 2. The normalized spacial score (nSPS) is 18.2. The maximum absolute atomic E-state index is 11.9. The molecule has 1 saturated heterocycles. The zero-order chi connectivity index (χ0) is 13.0. The summed E-state index contributed by atoms with van der Waals surface area (Å²) in [4.78, 5) is 11.9. The summed E-state index contributed by atoms with van der Waals surface area (Å²) in [7, 11) is 0. The Morgan fingerprint density at radius 3 is 2.89 bits per heavy atom. The third-order valence-corrected chi connectivity index (χ3v) is 3.47. The van der Waals surface area contributed by atoms with Gasteiger partial charge in [-0.2, -0.15) is 0 Å². The molecule has 1 unspecified atom stereocenters. The Labute approximate surface area is 121 Å². The molecular formula is C15H23ClN2O. The van der Waals surface area contributed by atoms with Gasteiger partial charge < -0.3 is 10.6 Å². The molecule has 0 spiro atoms. The molecule has 2 N–H and O–H groups in total. The van der Waals surface area contributed by atoms with Crippen LogP contribution in [0.1, 0.15) is 38.2 Å². The lowest BCUT2D eigenvalue weighted by Crippen LogP contribution is -2.18. The van der Waals surface area contributed by atoms with Crippen LogP contribution >= 0.6 is 12.4 Å². The maximum atomic E-state index is 11.9. The molecule has 1 aromatic carbocycles. The Morgan fingerprint density at radius 1 is 1.47 bits per heavy atom. The molecule has 0 saturated carbocycles.